The smallest absolute Gasteiger partial charge is 0.123 e. The van der Waals surface area contributed by atoms with Gasteiger partial charge in [-0.15, -0.1) is 0 Å². The van der Waals surface area contributed by atoms with Crippen LogP contribution in [0.1, 0.15) is 68.7 Å². The number of nitrogens with one attached hydrogen (secondary N) is 4. The van der Waals surface area contributed by atoms with Crippen LogP contribution in [0.3, 0.4) is 0 Å². The predicted molar refractivity (Wildman–Crippen MR) is 142 cm³/mol. The molecule has 3 aliphatic heterocycles. The van der Waals surface area contributed by atoms with Crippen LogP contribution in [0.15, 0.2) is 18.2 Å². The van der Waals surface area contributed by atoms with Gasteiger partial charge in [0, 0.05) is 49.9 Å². The molecule has 0 spiro atoms. The second kappa shape index (κ2) is 11.2. The van der Waals surface area contributed by atoms with Gasteiger partial charge >= 0.3 is 0 Å². The molecular formula is C27H45N5OS. The van der Waals surface area contributed by atoms with Gasteiger partial charge < -0.3 is 10.1 Å². The highest BCUT2D eigenvalue weighted by Crippen LogP contribution is 2.34. The second-order valence-corrected chi connectivity index (χ2v) is 12.6. The molecule has 0 radical (unpaired) electrons. The second-order valence-electron chi connectivity index (χ2n) is 11.4. The Hall–Kier alpha value is -0.670. The van der Waals surface area contributed by atoms with Crippen molar-refractivity contribution in [3.8, 4) is 0 Å². The van der Waals surface area contributed by atoms with Crippen LogP contribution in [0.2, 0.25) is 0 Å². The number of hydrogen-bond acceptors (Lipinski definition) is 7. The lowest BCUT2D eigenvalue weighted by molar-refractivity contribution is -0.0716. The van der Waals surface area contributed by atoms with E-state index in [0.717, 1.165) is 32.0 Å². The van der Waals surface area contributed by atoms with Crippen molar-refractivity contribution in [3.05, 3.63) is 34.9 Å². The van der Waals surface area contributed by atoms with E-state index >= 15 is 0 Å². The molecule has 6 unspecified atom stereocenters. The van der Waals surface area contributed by atoms with Gasteiger partial charge in [0.25, 0.3) is 0 Å². The average Bonchev–Trinajstić information content (AvgIpc) is 2.99. The summed E-state index contributed by atoms with van der Waals surface area (Å²) in [6, 6.07) is 7.50. The first-order chi connectivity index (χ1) is 16.5. The van der Waals surface area contributed by atoms with E-state index in [1.807, 2.05) is 11.9 Å². The van der Waals surface area contributed by atoms with E-state index in [1.165, 1.54) is 48.9 Å². The summed E-state index contributed by atoms with van der Waals surface area (Å²) < 4.78 is 10.6. The summed E-state index contributed by atoms with van der Waals surface area (Å²) in [5.74, 6) is 1.43. The van der Waals surface area contributed by atoms with Gasteiger partial charge in [-0.2, -0.15) is 0 Å². The van der Waals surface area contributed by atoms with Gasteiger partial charge in [0.05, 0.1) is 6.10 Å². The fourth-order valence-corrected chi connectivity index (χ4v) is 7.83. The summed E-state index contributed by atoms with van der Waals surface area (Å²) >= 11 is 1.95. The van der Waals surface area contributed by atoms with E-state index in [2.05, 4.69) is 71.5 Å². The Morgan fingerprint density at radius 3 is 2.65 bits per heavy atom. The number of benzene rings is 1. The van der Waals surface area contributed by atoms with Crippen molar-refractivity contribution < 1.29 is 4.74 Å². The van der Waals surface area contributed by atoms with Crippen molar-refractivity contribution in [1.29, 1.82) is 0 Å². The largest absolute Gasteiger partial charge is 0.357 e. The van der Waals surface area contributed by atoms with Gasteiger partial charge in [-0.25, -0.2) is 4.72 Å². The molecule has 1 saturated carbocycles. The first kappa shape index (κ1) is 25.0. The lowest BCUT2D eigenvalue weighted by Crippen LogP contribution is -2.61. The Morgan fingerprint density at radius 1 is 1.03 bits per heavy atom. The molecule has 8 atom stereocenters. The van der Waals surface area contributed by atoms with Gasteiger partial charge in [0.2, 0.25) is 0 Å². The molecule has 3 saturated heterocycles. The Labute approximate surface area is 210 Å². The minimum atomic E-state index is 0.0211. The monoisotopic (exact) mass is 487 g/mol. The number of ether oxygens (including phenoxy) is 1. The van der Waals surface area contributed by atoms with E-state index in [1.54, 1.807) is 0 Å². The molecule has 0 aromatic heterocycles. The molecule has 4 fully saturated rings. The summed E-state index contributed by atoms with van der Waals surface area (Å²) in [6.45, 7) is 13.5. The number of rotatable bonds is 2. The molecule has 1 aliphatic carbocycles. The van der Waals surface area contributed by atoms with Gasteiger partial charge in [-0.05, 0) is 61.6 Å². The maximum Gasteiger partial charge on any atom is 0.123 e. The SMILES string of the molecule is Cc1cccc(C)c1C1CC2NC(NSC3CCCC(C3)CN3C[C@@H](CNC[C@@H]3C(C)C)O2)N1. The van der Waals surface area contributed by atoms with Crippen molar-refractivity contribution in [1.82, 2.24) is 25.6 Å². The molecule has 4 N–H and O–H groups in total. The maximum atomic E-state index is 6.85. The van der Waals surface area contributed by atoms with E-state index < -0.39 is 0 Å². The Balaban J connectivity index is 1.41. The van der Waals surface area contributed by atoms with Crippen LogP contribution in [-0.2, 0) is 4.74 Å². The number of nitrogens with zero attached hydrogens (tertiary/aromatic N) is 1. The van der Waals surface area contributed by atoms with Crippen molar-refractivity contribution in [2.45, 2.75) is 95.8 Å². The lowest BCUT2D eigenvalue weighted by atomic mass is 9.87. The Morgan fingerprint density at radius 2 is 1.85 bits per heavy atom. The van der Waals surface area contributed by atoms with Gasteiger partial charge in [-0.3, -0.25) is 15.5 Å². The molecule has 190 valence electrons. The van der Waals surface area contributed by atoms with Crippen LogP contribution < -0.4 is 20.7 Å². The third kappa shape index (κ3) is 5.83. The van der Waals surface area contributed by atoms with E-state index in [-0.39, 0.29) is 24.7 Å². The average molecular weight is 488 g/mol. The summed E-state index contributed by atoms with van der Waals surface area (Å²) in [7, 11) is 0. The topological polar surface area (TPSA) is 60.6 Å². The van der Waals surface area contributed by atoms with Gasteiger partial charge in [-0.1, -0.05) is 50.4 Å². The minimum Gasteiger partial charge on any atom is -0.357 e. The first-order valence-electron chi connectivity index (χ1n) is 13.6. The first-order valence-corrected chi connectivity index (χ1v) is 14.4. The summed E-state index contributed by atoms with van der Waals surface area (Å²) in [6.07, 6.45) is 6.54. The zero-order chi connectivity index (χ0) is 23.7. The van der Waals surface area contributed by atoms with Crippen molar-refractivity contribution in [3.63, 3.8) is 0 Å². The third-order valence-electron chi connectivity index (χ3n) is 8.40. The van der Waals surface area contributed by atoms with Crippen LogP contribution >= 0.6 is 11.9 Å². The Kier molecular flexibility index (Phi) is 8.20. The number of aryl methyl sites for hydroxylation is 2. The zero-order valence-corrected chi connectivity index (χ0v) is 22.3. The van der Waals surface area contributed by atoms with E-state index in [4.69, 9.17) is 4.74 Å². The maximum absolute atomic E-state index is 6.85. The van der Waals surface area contributed by atoms with E-state index in [0.29, 0.717) is 17.2 Å². The molecule has 34 heavy (non-hydrogen) atoms. The standard InChI is InChI=1S/C27H45N5OS/c1-17(2)24-14-28-13-21-16-32(24)15-20-9-6-10-22(11-20)34-31-27-29-23(12-25(30-27)33-21)26-18(3)7-5-8-19(26)4/h5,7-8,17,20-25,27-31H,6,9-16H2,1-4H3/t20?,21-,22?,23?,24-,25?,27?/m1/s1. The molecule has 0 amide bonds. The van der Waals surface area contributed by atoms with Crippen LogP contribution in [-0.4, -0.2) is 61.0 Å². The number of fused-ring (bicyclic) bond motifs is 6. The highest BCUT2D eigenvalue weighted by Gasteiger charge is 2.37. The third-order valence-corrected chi connectivity index (χ3v) is 9.53. The molecule has 4 aliphatic rings. The van der Waals surface area contributed by atoms with E-state index in [9.17, 15) is 0 Å². The fourth-order valence-electron chi connectivity index (χ4n) is 6.71. The molecule has 1 aromatic rings. The van der Waals surface area contributed by atoms with Crippen LogP contribution in [0.25, 0.3) is 0 Å². The molecule has 5 rings (SSSR count). The quantitative estimate of drug-likeness (QED) is 0.475. The fraction of sp³-hybridized carbons (Fsp3) is 0.778. The summed E-state index contributed by atoms with van der Waals surface area (Å²) in [4.78, 5) is 2.78. The normalized spacial score (nSPS) is 39.4. The van der Waals surface area contributed by atoms with Crippen LogP contribution in [0.4, 0.5) is 0 Å². The summed E-state index contributed by atoms with van der Waals surface area (Å²) in [5, 5.41) is 12.0. The van der Waals surface area contributed by atoms with Crippen molar-refractivity contribution >= 4 is 11.9 Å². The van der Waals surface area contributed by atoms with Crippen molar-refractivity contribution in [2.24, 2.45) is 11.8 Å². The molecule has 7 heteroatoms. The van der Waals surface area contributed by atoms with Crippen LogP contribution in [0.5, 0.6) is 0 Å². The van der Waals surface area contributed by atoms with Crippen LogP contribution in [0, 0.1) is 25.7 Å². The number of hydrogen-bond donors (Lipinski definition) is 4. The highest BCUT2D eigenvalue weighted by atomic mass is 32.2. The molecular weight excluding hydrogens is 442 g/mol. The molecule has 3 heterocycles. The lowest BCUT2D eigenvalue weighted by Gasteiger charge is -2.40. The molecule has 1 aromatic carbocycles. The minimum absolute atomic E-state index is 0.0211. The Bertz CT molecular complexity index is 802. The van der Waals surface area contributed by atoms with Gasteiger partial charge in [0.15, 0.2) is 0 Å². The molecule has 6 bridgehead atoms. The van der Waals surface area contributed by atoms with Crippen molar-refractivity contribution in [2.75, 3.05) is 26.2 Å². The predicted octanol–water partition coefficient (Wildman–Crippen LogP) is 3.66. The summed E-state index contributed by atoms with van der Waals surface area (Å²) in [5.41, 5.74) is 4.15. The van der Waals surface area contributed by atoms with Gasteiger partial charge in [0.1, 0.15) is 12.5 Å². The molecule has 6 nitrogen and oxygen atoms in total. The zero-order valence-electron chi connectivity index (χ0n) is 21.5. The highest BCUT2D eigenvalue weighted by molar-refractivity contribution is 7.98.